The zero-order valence-electron chi connectivity index (χ0n) is 18.4. The molecule has 12 heteroatoms. The van der Waals surface area contributed by atoms with Crippen molar-refractivity contribution in [3.63, 3.8) is 0 Å². The molecule has 0 radical (unpaired) electrons. The molecule has 0 spiro atoms. The van der Waals surface area contributed by atoms with Crippen molar-refractivity contribution in [2.24, 2.45) is 0 Å². The van der Waals surface area contributed by atoms with Gasteiger partial charge in [-0.25, -0.2) is 4.79 Å². The van der Waals surface area contributed by atoms with Gasteiger partial charge in [-0.15, -0.1) is 20.4 Å². The first-order chi connectivity index (χ1) is 17.3. The van der Waals surface area contributed by atoms with Crippen molar-refractivity contribution in [2.75, 3.05) is 0 Å². The van der Waals surface area contributed by atoms with E-state index in [1.807, 2.05) is 48.5 Å². The van der Waals surface area contributed by atoms with E-state index in [-0.39, 0.29) is 19.3 Å². The fourth-order valence-electron chi connectivity index (χ4n) is 4.51. The van der Waals surface area contributed by atoms with Gasteiger partial charge in [-0.3, -0.25) is 0 Å². The van der Waals surface area contributed by atoms with Gasteiger partial charge in [0.05, 0.1) is 17.6 Å². The molecule has 3 aromatic heterocycles. The predicted molar refractivity (Wildman–Crippen MR) is 121 cm³/mol. The first kappa shape index (κ1) is 21.3. The van der Waals surface area contributed by atoms with Gasteiger partial charge in [-0.1, -0.05) is 59.0 Å². The van der Waals surface area contributed by atoms with Crippen LogP contribution in [0.2, 0.25) is 0 Å². The summed E-state index contributed by atoms with van der Waals surface area (Å²) in [5, 5.41) is 29.1. The molecule has 0 bridgehead atoms. The Bertz CT molecular complexity index is 1490. The predicted octanol–water partition coefficient (Wildman–Crippen LogP) is 2.28. The zero-order valence-corrected chi connectivity index (χ0v) is 18.4. The summed E-state index contributed by atoms with van der Waals surface area (Å²) in [6.45, 7) is 0.307. The van der Waals surface area contributed by atoms with Crippen LogP contribution in [0.1, 0.15) is 35.5 Å². The second-order valence-electron chi connectivity index (χ2n) is 8.15. The fraction of sp³-hybridized carbons (Fsp3) is 0.261. The first-order valence-corrected chi connectivity index (χ1v) is 11.1. The number of ether oxygens (including phenoxy) is 2. The van der Waals surface area contributed by atoms with Gasteiger partial charge in [0.25, 0.3) is 0 Å². The maximum absolute atomic E-state index is 13.2. The van der Waals surface area contributed by atoms with Gasteiger partial charge in [0.2, 0.25) is 0 Å². The molecule has 12 nitrogen and oxygen atoms in total. The van der Waals surface area contributed by atoms with E-state index < -0.39 is 11.7 Å². The van der Waals surface area contributed by atoms with Crippen LogP contribution in [0.4, 0.5) is 0 Å². The quantitative estimate of drug-likeness (QED) is 0.360. The molecule has 35 heavy (non-hydrogen) atoms. The Morgan fingerprint density at radius 2 is 1.66 bits per heavy atom. The summed E-state index contributed by atoms with van der Waals surface area (Å²) in [5.41, 5.74) is 2.19. The second kappa shape index (κ2) is 9.16. The molecule has 0 saturated carbocycles. The zero-order chi connectivity index (χ0) is 23.6. The van der Waals surface area contributed by atoms with Crippen LogP contribution in [0.5, 0.6) is 0 Å². The Morgan fingerprint density at radius 1 is 0.914 bits per heavy atom. The summed E-state index contributed by atoms with van der Waals surface area (Å²) in [5.74, 6) is 1.40. The third-order valence-electron chi connectivity index (χ3n) is 6.01. The van der Waals surface area contributed by atoms with Crippen molar-refractivity contribution in [1.29, 1.82) is 0 Å². The topological polar surface area (TPSA) is 158 Å². The number of hydrogen-bond acceptors (Lipinski definition) is 10. The smallest absolute Gasteiger partial charge is 0.344 e. The van der Waals surface area contributed by atoms with Crippen molar-refractivity contribution < 1.29 is 13.9 Å². The van der Waals surface area contributed by atoms with Gasteiger partial charge in [0, 0.05) is 18.4 Å². The summed E-state index contributed by atoms with van der Waals surface area (Å²) in [6, 6.07) is 15.6. The van der Waals surface area contributed by atoms with E-state index >= 15 is 0 Å². The van der Waals surface area contributed by atoms with Gasteiger partial charge in [0.1, 0.15) is 19.0 Å². The van der Waals surface area contributed by atoms with Crippen LogP contribution in [-0.2, 0) is 29.1 Å². The molecule has 2 N–H and O–H groups in total. The third-order valence-corrected chi connectivity index (χ3v) is 6.01. The van der Waals surface area contributed by atoms with E-state index in [4.69, 9.17) is 13.9 Å². The maximum Gasteiger partial charge on any atom is 0.344 e. The molecular formula is C23H20N8O4. The van der Waals surface area contributed by atoms with Crippen molar-refractivity contribution in [3.05, 3.63) is 81.9 Å². The molecule has 0 amide bonds. The van der Waals surface area contributed by atoms with Crippen molar-refractivity contribution in [2.45, 2.75) is 38.3 Å². The number of tetrazole rings is 2. The number of rotatable bonds is 7. The van der Waals surface area contributed by atoms with Gasteiger partial charge in [0.15, 0.2) is 11.6 Å². The molecule has 5 aromatic rings. The number of H-pyrrole nitrogens is 2. The monoisotopic (exact) mass is 472 g/mol. The summed E-state index contributed by atoms with van der Waals surface area (Å²) >= 11 is 0. The standard InChI is InChI=1S/C23H20N8O4/c32-23-21-15(13-5-2-1-3-6-13)7-4-8-16(21)22-17(34-12-20-26-30-31-27-20)9-14(10-18(22)35-23)33-11-19-24-28-29-25-19/h1-8,14,17H,9-12H2,(H,24,25,28,29)(H,26,27,30,31). The first-order valence-electron chi connectivity index (χ1n) is 11.1. The van der Waals surface area contributed by atoms with E-state index in [0.717, 1.165) is 22.1 Å². The third kappa shape index (κ3) is 4.20. The number of nitrogens with one attached hydrogen (secondary N) is 2. The Kier molecular flexibility index (Phi) is 5.56. The molecule has 6 rings (SSSR count). The molecule has 0 saturated heterocycles. The largest absolute Gasteiger partial charge is 0.427 e. The second-order valence-corrected chi connectivity index (χ2v) is 8.15. The Balaban J connectivity index is 1.41. The summed E-state index contributed by atoms with van der Waals surface area (Å²) in [7, 11) is 0. The van der Waals surface area contributed by atoms with Crippen LogP contribution in [0.15, 0.2) is 57.7 Å². The molecule has 176 valence electrons. The lowest BCUT2D eigenvalue weighted by molar-refractivity contribution is -0.0454. The van der Waals surface area contributed by atoms with Gasteiger partial charge in [-0.2, -0.15) is 10.4 Å². The molecule has 0 fully saturated rings. The molecule has 2 atom stereocenters. The fourth-order valence-corrected chi connectivity index (χ4v) is 4.51. The van der Waals surface area contributed by atoms with Crippen LogP contribution in [-0.4, -0.2) is 47.4 Å². The molecular weight excluding hydrogens is 452 g/mol. The minimum Gasteiger partial charge on any atom is -0.427 e. The highest BCUT2D eigenvalue weighted by molar-refractivity contribution is 5.98. The SMILES string of the molecule is O=c1oc2c(c3cccc(-c4ccccc4)c13)C(OCc1nn[nH]n1)CC(OCc1nn[nH]n1)C2. The van der Waals surface area contributed by atoms with Crippen LogP contribution in [0.3, 0.4) is 0 Å². The van der Waals surface area contributed by atoms with Gasteiger partial charge < -0.3 is 13.9 Å². The lowest BCUT2D eigenvalue weighted by Gasteiger charge is -2.31. The van der Waals surface area contributed by atoms with Crippen molar-refractivity contribution >= 4 is 10.8 Å². The molecule has 2 aromatic carbocycles. The number of aromatic nitrogens is 8. The maximum atomic E-state index is 13.2. The Morgan fingerprint density at radius 3 is 2.37 bits per heavy atom. The number of nitrogens with zero attached hydrogens (tertiary/aromatic N) is 6. The van der Waals surface area contributed by atoms with E-state index in [9.17, 15) is 4.79 Å². The summed E-state index contributed by atoms with van der Waals surface area (Å²) < 4.78 is 18.2. The van der Waals surface area contributed by atoms with Crippen LogP contribution < -0.4 is 5.63 Å². The number of benzene rings is 2. The van der Waals surface area contributed by atoms with Crippen LogP contribution >= 0.6 is 0 Å². The van der Waals surface area contributed by atoms with Gasteiger partial charge >= 0.3 is 5.63 Å². The molecule has 3 heterocycles. The van der Waals surface area contributed by atoms with Crippen molar-refractivity contribution in [3.8, 4) is 11.1 Å². The van der Waals surface area contributed by atoms with E-state index in [0.29, 0.717) is 35.6 Å². The lowest BCUT2D eigenvalue weighted by Crippen LogP contribution is -2.29. The van der Waals surface area contributed by atoms with Crippen LogP contribution in [0.25, 0.3) is 21.9 Å². The lowest BCUT2D eigenvalue weighted by atomic mass is 9.87. The average molecular weight is 472 g/mol. The highest BCUT2D eigenvalue weighted by atomic mass is 16.5. The number of aromatic amines is 2. The highest BCUT2D eigenvalue weighted by Crippen LogP contribution is 2.40. The summed E-state index contributed by atoms with van der Waals surface area (Å²) in [6.07, 6.45) is 0.233. The molecule has 1 aliphatic rings. The number of hydrogen-bond donors (Lipinski definition) is 2. The number of fused-ring (bicyclic) bond motifs is 3. The molecule has 2 unspecified atom stereocenters. The average Bonchev–Trinajstić information content (AvgIpc) is 3.61. The van der Waals surface area contributed by atoms with E-state index in [1.54, 1.807) is 0 Å². The highest BCUT2D eigenvalue weighted by Gasteiger charge is 2.33. The molecule has 1 aliphatic carbocycles. The van der Waals surface area contributed by atoms with E-state index in [1.165, 1.54) is 0 Å². The summed E-state index contributed by atoms with van der Waals surface area (Å²) in [4.78, 5) is 13.2. The van der Waals surface area contributed by atoms with Crippen molar-refractivity contribution in [1.82, 2.24) is 41.2 Å². The minimum atomic E-state index is -0.426. The minimum absolute atomic E-state index is 0.136. The van der Waals surface area contributed by atoms with Crippen LogP contribution in [0, 0.1) is 0 Å². The Hall–Kier alpha value is -4.29. The normalized spacial score (nSPS) is 17.5. The molecule has 0 aliphatic heterocycles. The van der Waals surface area contributed by atoms with Gasteiger partial charge in [-0.05, 0) is 16.5 Å². The Labute approximate surface area is 197 Å². The van der Waals surface area contributed by atoms with E-state index in [2.05, 4.69) is 41.2 Å².